The molecule has 1 amide bonds. The molecule has 0 bridgehead atoms. The summed E-state index contributed by atoms with van der Waals surface area (Å²) in [5.74, 6) is -1.09. The van der Waals surface area contributed by atoms with Crippen LogP contribution in [0.2, 0.25) is 0 Å². The molecule has 0 unspecified atom stereocenters. The lowest BCUT2D eigenvalue weighted by Crippen LogP contribution is -2.53. The zero-order chi connectivity index (χ0) is 25.9. The molecule has 192 valence electrons. The van der Waals surface area contributed by atoms with Crippen molar-refractivity contribution >= 4 is 15.9 Å². The lowest BCUT2D eigenvalue weighted by atomic mass is 9.87. The third-order valence-electron chi connectivity index (χ3n) is 5.62. The fraction of sp³-hybridized carbons (Fsp3) is 0.435. The van der Waals surface area contributed by atoms with E-state index in [1.165, 1.54) is 16.4 Å². The molecule has 3 rings (SSSR count). The number of hydrogen-bond donors (Lipinski definition) is 0. The van der Waals surface area contributed by atoms with Crippen molar-refractivity contribution in [2.45, 2.75) is 31.5 Å². The molecule has 7 nitrogen and oxygen atoms in total. The van der Waals surface area contributed by atoms with E-state index in [0.717, 1.165) is 24.3 Å². The normalized spacial score (nSPS) is 15.7. The molecule has 2 aromatic rings. The lowest BCUT2D eigenvalue weighted by Gasteiger charge is -2.38. The van der Waals surface area contributed by atoms with Crippen molar-refractivity contribution in [3.8, 4) is 11.5 Å². The van der Waals surface area contributed by atoms with Crippen LogP contribution in [0.25, 0.3) is 0 Å². The number of carbonyl (C=O) groups is 1. The summed E-state index contributed by atoms with van der Waals surface area (Å²) >= 11 is 0. The van der Waals surface area contributed by atoms with Crippen LogP contribution in [-0.2, 0) is 14.8 Å². The van der Waals surface area contributed by atoms with Gasteiger partial charge in [0, 0.05) is 31.6 Å². The second-order valence-corrected chi connectivity index (χ2v) is 10.6. The maximum absolute atomic E-state index is 13.7. The van der Waals surface area contributed by atoms with Gasteiger partial charge in [-0.2, -0.15) is 4.31 Å². The van der Waals surface area contributed by atoms with Gasteiger partial charge in [-0.1, -0.05) is 26.0 Å². The summed E-state index contributed by atoms with van der Waals surface area (Å²) in [7, 11) is -3.95. The van der Waals surface area contributed by atoms with E-state index in [4.69, 9.17) is 4.74 Å². The number of nitrogens with zero attached hydrogens (tertiary/aromatic N) is 2. The minimum atomic E-state index is -4.87. The van der Waals surface area contributed by atoms with Crippen molar-refractivity contribution in [1.82, 2.24) is 9.21 Å². The number of carbonyl (C=O) groups excluding carboxylic acids is 1. The summed E-state index contributed by atoms with van der Waals surface area (Å²) < 4.78 is 86.8. The number of sulfonamides is 1. The average Bonchev–Trinajstić information content (AvgIpc) is 2.79. The van der Waals surface area contributed by atoms with Gasteiger partial charge in [-0.05, 0) is 42.8 Å². The summed E-state index contributed by atoms with van der Waals surface area (Å²) in [6.07, 6.45) is -4.55. The van der Waals surface area contributed by atoms with Gasteiger partial charge in [0.15, 0.2) is 11.6 Å². The predicted octanol–water partition coefficient (Wildman–Crippen LogP) is 4.05. The molecular formula is C23H26F4N2O5S. The third kappa shape index (κ3) is 6.85. The van der Waals surface area contributed by atoms with Gasteiger partial charge in [-0.25, -0.2) is 12.8 Å². The monoisotopic (exact) mass is 518 g/mol. The molecule has 1 fully saturated rings. The minimum absolute atomic E-state index is 0.0384. The highest BCUT2D eigenvalue weighted by Gasteiger charge is 2.36. The van der Waals surface area contributed by atoms with Gasteiger partial charge in [-0.3, -0.25) is 4.79 Å². The van der Waals surface area contributed by atoms with Crippen LogP contribution in [0.3, 0.4) is 0 Å². The number of rotatable bonds is 8. The Bertz CT molecular complexity index is 1130. The van der Waals surface area contributed by atoms with E-state index in [1.54, 1.807) is 30.9 Å². The average molecular weight is 519 g/mol. The first-order valence-corrected chi connectivity index (χ1v) is 12.3. The van der Waals surface area contributed by atoms with Crippen molar-refractivity contribution in [2.75, 3.05) is 32.8 Å². The first-order chi connectivity index (χ1) is 16.3. The van der Waals surface area contributed by atoms with Crippen LogP contribution in [0.15, 0.2) is 53.4 Å². The number of benzene rings is 2. The van der Waals surface area contributed by atoms with Crippen molar-refractivity contribution in [3.05, 3.63) is 54.3 Å². The number of piperazine rings is 1. The fourth-order valence-corrected chi connectivity index (χ4v) is 5.03. The molecule has 1 aliphatic rings. The summed E-state index contributed by atoms with van der Waals surface area (Å²) in [5.41, 5.74) is -0.819. The van der Waals surface area contributed by atoms with Gasteiger partial charge in [0.25, 0.3) is 0 Å². The molecule has 1 aliphatic heterocycles. The molecule has 0 radical (unpaired) electrons. The third-order valence-corrected chi connectivity index (χ3v) is 7.53. The van der Waals surface area contributed by atoms with E-state index in [9.17, 15) is 30.8 Å². The predicted molar refractivity (Wildman–Crippen MR) is 119 cm³/mol. The Morgan fingerprint density at radius 2 is 1.57 bits per heavy atom. The van der Waals surface area contributed by atoms with Gasteiger partial charge in [0.05, 0.1) is 11.5 Å². The maximum atomic E-state index is 13.7. The van der Waals surface area contributed by atoms with Crippen molar-refractivity contribution < 1.29 is 40.2 Å². The Morgan fingerprint density at radius 3 is 2.14 bits per heavy atom. The summed E-state index contributed by atoms with van der Waals surface area (Å²) in [6, 6.07) is 9.95. The van der Waals surface area contributed by atoms with Gasteiger partial charge in [-0.15, -0.1) is 13.2 Å². The van der Waals surface area contributed by atoms with Crippen LogP contribution in [-0.4, -0.2) is 62.7 Å². The van der Waals surface area contributed by atoms with Crippen molar-refractivity contribution in [2.24, 2.45) is 5.41 Å². The van der Waals surface area contributed by atoms with E-state index >= 15 is 0 Å². The van der Waals surface area contributed by atoms with Crippen molar-refractivity contribution in [1.29, 1.82) is 0 Å². The van der Waals surface area contributed by atoms with Gasteiger partial charge < -0.3 is 14.4 Å². The number of para-hydroxylation sites is 1. The standard InChI is InChI=1S/C23H26F4N2O5S/c1-22(2,11-16-33-20-6-4-3-5-19(20)24)21(30)28-12-14-29(15-13-28)35(31,32)18-9-7-17(8-10-18)34-23(25,26)27/h3-10H,11-16H2,1-2H3. The summed E-state index contributed by atoms with van der Waals surface area (Å²) in [5, 5.41) is 0. The van der Waals surface area contributed by atoms with Crippen LogP contribution in [0.5, 0.6) is 11.5 Å². The molecule has 1 heterocycles. The lowest BCUT2D eigenvalue weighted by molar-refractivity contribution is -0.274. The minimum Gasteiger partial charge on any atom is -0.490 e. The first kappa shape index (κ1) is 26.7. The van der Waals surface area contributed by atoms with E-state index < -0.39 is 33.4 Å². The van der Waals surface area contributed by atoms with E-state index in [-0.39, 0.29) is 49.3 Å². The Morgan fingerprint density at radius 1 is 0.971 bits per heavy atom. The number of ether oxygens (including phenoxy) is 2. The van der Waals surface area contributed by atoms with Gasteiger partial charge >= 0.3 is 6.36 Å². The number of amides is 1. The molecular weight excluding hydrogens is 492 g/mol. The van der Waals surface area contributed by atoms with E-state index in [2.05, 4.69) is 4.74 Å². The van der Waals surface area contributed by atoms with Crippen LogP contribution in [0.4, 0.5) is 17.6 Å². The largest absolute Gasteiger partial charge is 0.573 e. The highest BCUT2D eigenvalue weighted by molar-refractivity contribution is 7.89. The summed E-state index contributed by atoms with van der Waals surface area (Å²) in [4.78, 5) is 14.4. The molecule has 1 saturated heterocycles. The Kier molecular flexibility index (Phi) is 7.95. The quantitative estimate of drug-likeness (QED) is 0.493. The number of halogens is 4. The zero-order valence-corrected chi connectivity index (χ0v) is 20.0. The molecule has 0 aliphatic carbocycles. The molecule has 0 atom stereocenters. The molecule has 12 heteroatoms. The van der Waals surface area contributed by atoms with Crippen LogP contribution < -0.4 is 9.47 Å². The maximum Gasteiger partial charge on any atom is 0.573 e. The Labute approximate surface area is 201 Å². The summed E-state index contributed by atoms with van der Waals surface area (Å²) in [6.45, 7) is 4.01. The highest BCUT2D eigenvalue weighted by Crippen LogP contribution is 2.28. The van der Waals surface area contributed by atoms with E-state index in [1.807, 2.05) is 0 Å². The molecule has 2 aromatic carbocycles. The SMILES string of the molecule is CC(C)(CCOc1ccccc1F)C(=O)N1CCN(S(=O)(=O)c2ccc(OC(F)(F)F)cc2)CC1. The van der Waals surface area contributed by atoms with Crippen molar-refractivity contribution in [3.63, 3.8) is 0 Å². The molecule has 35 heavy (non-hydrogen) atoms. The molecule has 0 aromatic heterocycles. The molecule has 0 saturated carbocycles. The Balaban J connectivity index is 1.55. The second-order valence-electron chi connectivity index (χ2n) is 8.63. The first-order valence-electron chi connectivity index (χ1n) is 10.8. The number of hydrogen-bond acceptors (Lipinski definition) is 5. The van der Waals surface area contributed by atoms with Gasteiger partial charge in [0.2, 0.25) is 15.9 Å². The van der Waals surface area contributed by atoms with E-state index in [0.29, 0.717) is 6.42 Å². The Hall–Kier alpha value is -2.86. The molecule has 0 spiro atoms. The van der Waals surface area contributed by atoms with Gasteiger partial charge in [0.1, 0.15) is 5.75 Å². The smallest absolute Gasteiger partial charge is 0.490 e. The highest BCUT2D eigenvalue weighted by atomic mass is 32.2. The van der Waals surface area contributed by atoms with Crippen LogP contribution in [0.1, 0.15) is 20.3 Å². The fourth-order valence-electron chi connectivity index (χ4n) is 3.61. The number of alkyl halides is 3. The topological polar surface area (TPSA) is 76.2 Å². The van der Waals surface area contributed by atoms with Crippen LogP contribution >= 0.6 is 0 Å². The second kappa shape index (κ2) is 10.4. The zero-order valence-electron chi connectivity index (χ0n) is 19.2. The molecule has 0 N–H and O–H groups in total. The van der Waals surface area contributed by atoms with Crippen LogP contribution in [0, 0.1) is 11.2 Å².